The number of furan rings is 2. The number of fused-ring (bicyclic) bond motifs is 6. The summed E-state index contributed by atoms with van der Waals surface area (Å²) in [5.41, 5.74) is 14.6. The molecule has 0 aliphatic rings. The fraction of sp³-hybridized carbons (Fsp3) is 0. The molecule has 0 amide bonds. The summed E-state index contributed by atoms with van der Waals surface area (Å²) in [6.07, 6.45) is 3.68. The molecule has 0 radical (unpaired) electrons. The van der Waals surface area contributed by atoms with E-state index in [4.69, 9.17) is 18.8 Å². The van der Waals surface area contributed by atoms with E-state index < -0.39 is 0 Å². The van der Waals surface area contributed by atoms with Crippen molar-refractivity contribution >= 4 is 43.9 Å². The second-order valence-electron chi connectivity index (χ2n) is 14.0. The van der Waals surface area contributed by atoms with Crippen molar-refractivity contribution in [1.29, 1.82) is 0 Å². The Labute approximate surface area is 322 Å². The number of benzene rings is 7. The van der Waals surface area contributed by atoms with E-state index in [1.807, 2.05) is 54.7 Å². The fourth-order valence-corrected chi connectivity index (χ4v) is 7.86. The van der Waals surface area contributed by atoms with Crippen molar-refractivity contribution < 1.29 is 8.83 Å². The zero-order chi connectivity index (χ0) is 37.0. The zero-order valence-corrected chi connectivity index (χ0v) is 30.1. The average Bonchev–Trinajstić information content (AvgIpc) is 3.85. The van der Waals surface area contributed by atoms with Crippen LogP contribution in [0.4, 0.5) is 0 Å². The summed E-state index contributed by atoms with van der Waals surface area (Å²) in [6.45, 7) is 0. The average molecular weight is 718 g/mol. The standard InChI is InChI=1S/C51H31N3O2/c1-2-10-34(11-3-1)51-53-44(30-45(54-51)37-13-8-12-35(28-37)38-14-9-27-52-31-38)33-21-19-32(20-22-33)39-24-25-40(50-49(39)42-16-5-7-18-47(42)56-50)36-23-26-48-43(29-36)41-15-4-6-17-46(41)55-48/h1-31H. The maximum Gasteiger partial charge on any atom is 0.160 e. The quantitative estimate of drug-likeness (QED) is 0.171. The minimum absolute atomic E-state index is 0.678. The first-order chi connectivity index (χ1) is 27.7. The van der Waals surface area contributed by atoms with Gasteiger partial charge >= 0.3 is 0 Å². The van der Waals surface area contributed by atoms with Crippen LogP contribution < -0.4 is 0 Å². The Kier molecular flexibility index (Phi) is 7.42. The molecule has 0 spiro atoms. The maximum absolute atomic E-state index is 6.68. The van der Waals surface area contributed by atoms with Gasteiger partial charge in [0.1, 0.15) is 22.3 Å². The van der Waals surface area contributed by atoms with Crippen LogP contribution in [0, 0.1) is 0 Å². The smallest absolute Gasteiger partial charge is 0.160 e. The lowest BCUT2D eigenvalue weighted by Crippen LogP contribution is -1.96. The summed E-state index contributed by atoms with van der Waals surface area (Å²) in [5.74, 6) is 0.678. The van der Waals surface area contributed by atoms with Crippen LogP contribution in [-0.4, -0.2) is 15.0 Å². The van der Waals surface area contributed by atoms with Gasteiger partial charge in [-0.25, -0.2) is 9.97 Å². The van der Waals surface area contributed by atoms with Crippen molar-refractivity contribution in [2.75, 3.05) is 0 Å². The summed E-state index contributed by atoms with van der Waals surface area (Å²) >= 11 is 0. The predicted octanol–water partition coefficient (Wildman–Crippen LogP) is 13.7. The molecule has 56 heavy (non-hydrogen) atoms. The van der Waals surface area contributed by atoms with Crippen LogP contribution in [0.5, 0.6) is 0 Å². The summed E-state index contributed by atoms with van der Waals surface area (Å²) in [5, 5.41) is 4.37. The lowest BCUT2D eigenvalue weighted by atomic mass is 9.93. The lowest BCUT2D eigenvalue weighted by molar-refractivity contribution is 0.668. The van der Waals surface area contributed by atoms with Crippen molar-refractivity contribution in [2.45, 2.75) is 0 Å². The molecule has 5 nitrogen and oxygen atoms in total. The Morgan fingerprint density at radius 2 is 1.00 bits per heavy atom. The van der Waals surface area contributed by atoms with E-state index in [1.165, 1.54) is 0 Å². The van der Waals surface area contributed by atoms with E-state index in [-0.39, 0.29) is 0 Å². The molecule has 0 aliphatic heterocycles. The normalized spacial score (nSPS) is 11.6. The van der Waals surface area contributed by atoms with Crippen LogP contribution in [0.15, 0.2) is 197 Å². The highest BCUT2D eigenvalue weighted by molar-refractivity contribution is 6.17. The molecular weight excluding hydrogens is 687 g/mol. The minimum atomic E-state index is 0.678. The number of nitrogens with zero attached hydrogens (tertiary/aromatic N) is 3. The second kappa shape index (κ2) is 13.0. The van der Waals surface area contributed by atoms with E-state index in [2.05, 4.69) is 132 Å². The van der Waals surface area contributed by atoms with Gasteiger partial charge in [0.2, 0.25) is 0 Å². The first-order valence-electron chi connectivity index (χ1n) is 18.7. The van der Waals surface area contributed by atoms with E-state index in [1.54, 1.807) is 6.20 Å². The molecule has 0 aliphatic carbocycles. The van der Waals surface area contributed by atoms with Gasteiger partial charge in [-0.05, 0) is 70.8 Å². The van der Waals surface area contributed by atoms with Gasteiger partial charge < -0.3 is 8.83 Å². The fourth-order valence-electron chi connectivity index (χ4n) is 7.86. The third-order valence-electron chi connectivity index (χ3n) is 10.6. The molecule has 0 N–H and O–H groups in total. The van der Waals surface area contributed by atoms with Crippen molar-refractivity contribution in [3.63, 3.8) is 0 Å². The number of hydrogen-bond acceptors (Lipinski definition) is 5. The number of hydrogen-bond donors (Lipinski definition) is 0. The lowest BCUT2D eigenvalue weighted by Gasteiger charge is -2.12. The molecular formula is C51H31N3O2. The summed E-state index contributed by atoms with van der Waals surface area (Å²) in [4.78, 5) is 14.5. The van der Waals surface area contributed by atoms with Gasteiger partial charge in [-0.3, -0.25) is 4.98 Å². The Bertz CT molecular complexity index is 3240. The molecule has 4 heterocycles. The summed E-state index contributed by atoms with van der Waals surface area (Å²) < 4.78 is 12.8. The van der Waals surface area contributed by atoms with Crippen molar-refractivity contribution in [1.82, 2.24) is 15.0 Å². The zero-order valence-electron chi connectivity index (χ0n) is 30.1. The third kappa shape index (κ3) is 5.45. The van der Waals surface area contributed by atoms with Gasteiger partial charge in [0, 0.05) is 61.8 Å². The molecule has 262 valence electrons. The number of para-hydroxylation sites is 2. The third-order valence-corrected chi connectivity index (χ3v) is 10.6. The number of aromatic nitrogens is 3. The van der Waals surface area contributed by atoms with Crippen LogP contribution in [0.3, 0.4) is 0 Å². The molecule has 0 atom stereocenters. The predicted molar refractivity (Wildman–Crippen MR) is 227 cm³/mol. The highest BCUT2D eigenvalue weighted by atomic mass is 16.3. The molecule has 0 saturated carbocycles. The Hall–Kier alpha value is -7.63. The van der Waals surface area contributed by atoms with Crippen molar-refractivity contribution in [2.24, 2.45) is 0 Å². The van der Waals surface area contributed by atoms with Gasteiger partial charge in [0.25, 0.3) is 0 Å². The molecule has 0 bridgehead atoms. The topological polar surface area (TPSA) is 65.0 Å². The highest BCUT2D eigenvalue weighted by Crippen LogP contribution is 2.43. The Morgan fingerprint density at radius 1 is 0.357 bits per heavy atom. The molecule has 0 saturated heterocycles. The van der Waals surface area contributed by atoms with Gasteiger partial charge in [-0.2, -0.15) is 0 Å². The van der Waals surface area contributed by atoms with Crippen LogP contribution >= 0.6 is 0 Å². The maximum atomic E-state index is 6.68. The molecule has 0 fully saturated rings. The van der Waals surface area contributed by atoms with E-state index in [0.29, 0.717) is 5.82 Å². The number of pyridine rings is 1. The number of rotatable bonds is 6. The van der Waals surface area contributed by atoms with Crippen molar-refractivity contribution in [3.8, 4) is 67.3 Å². The van der Waals surface area contributed by atoms with E-state index in [9.17, 15) is 0 Å². The summed E-state index contributed by atoms with van der Waals surface area (Å²) in [6, 6.07) is 60.7. The largest absolute Gasteiger partial charge is 0.456 e. The molecule has 0 unspecified atom stereocenters. The van der Waals surface area contributed by atoms with Crippen LogP contribution in [0.2, 0.25) is 0 Å². The van der Waals surface area contributed by atoms with E-state index >= 15 is 0 Å². The van der Waals surface area contributed by atoms with Crippen LogP contribution in [0.1, 0.15) is 0 Å². The first kappa shape index (κ1) is 31.9. The van der Waals surface area contributed by atoms with Gasteiger partial charge in [0.15, 0.2) is 5.82 Å². The SMILES string of the molecule is c1ccc(-c2nc(-c3ccc(-c4ccc(-c5ccc6oc7ccccc7c6c5)c5oc6ccccc6c45)cc3)cc(-c3cccc(-c4cccnc4)c3)n2)cc1. The minimum Gasteiger partial charge on any atom is -0.456 e. The highest BCUT2D eigenvalue weighted by Gasteiger charge is 2.19. The van der Waals surface area contributed by atoms with Crippen LogP contribution in [-0.2, 0) is 0 Å². The molecule has 4 aromatic heterocycles. The summed E-state index contributed by atoms with van der Waals surface area (Å²) in [7, 11) is 0. The van der Waals surface area contributed by atoms with Gasteiger partial charge in [-0.15, -0.1) is 0 Å². The Balaban J connectivity index is 1.02. The van der Waals surface area contributed by atoms with Gasteiger partial charge in [0.05, 0.1) is 11.4 Å². The first-order valence-corrected chi connectivity index (χ1v) is 18.7. The van der Waals surface area contributed by atoms with Crippen LogP contribution in [0.25, 0.3) is 111 Å². The van der Waals surface area contributed by atoms with Gasteiger partial charge in [-0.1, -0.05) is 127 Å². The molecule has 7 aromatic carbocycles. The second-order valence-corrected chi connectivity index (χ2v) is 14.0. The molecule has 5 heteroatoms. The monoisotopic (exact) mass is 717 g/mol. The molecule has 11 rings (SSSR count). The Morgan fingerprint density at radius 3 is 1.82 bits per heavy atom. The molecule has 11 aromatic rings. The van der Waals surface area contributed by atoms with E-state index in [0.717, 1.165) is 105 Å². The van der Waals surface area contributed by atoms with Crippen molar-refractivity contribution in [3.05, 3.63) is 188 Å².